The van der Waals surface area contributed by atoms with Gasteiger partial charge in [0.25, 0.3) is 11.8 Å². The fraction of sp³-hybridized carbons (Fsp3) is 0.179. The first-order valence-electron chi connectivity index (χ1n) is 11.9. The molecule has 0 heterocycles. The van der Waals surface area contributed by atoms with Crippen molar-refractivity contribution >= 4 is 73.3 Å². The van der Waals surface area contributed by atoms with Gasteiger partial charge in [0, 0.05) is 27.7 Å². The van der Waals surface area contributed by atoms with Gasteiger partial charge < -0.3 is 20.1 Å². The number of ether oxygens (including phenoxy) is 1. The molecule has 0 unspecified atom stereocenters. The summed E-state index contributed by atoms with van der Waals surface area (Å²) in [4.78, 5) is 28.3. The van der Waals surface area contributed by atoms with Crippen molar-refractivity contribution in [2.24, 2.45) is 5.10 Å². The average molecular weight is 679 g/mol. The van der Waals surface area contributed by atoms with Crippen molar-refractivity contribution in [3.8, 4) is 11.5 Å². The lowest BCUT2D eigenvalue weighted by atomic mass is 10.1. The van der Waals surface area contributed by atoms with Gasteiger partial charge in [-0.05, 0) is 87.7 Å². The van der Waals surface area contributed by atoms with Gasteiger partial charge in [0.05, 0.1) is 29.5 Å². The average Bonchev–Trinajstić information content (AvgIpc) is 2.93. The highest BCUT2D eigenvalue weighted by molar-refractivity contribution is 9.13. The van der Waals surface area contributed by atoms with E-state index in [4.69, 9.17) is 16.3 Å². The van der Waals surface area contributed by atoms with Gasteiger partial charge in [-0.15, -0.1) is 0 Å². The molecule has 11 heteroatoms. The summed E-state index contributed by atoms with van der Waals surface area (Å²) in [5, 5.41) is 17.3. The highest BCUT2D eigenvalue weighted by Crippen LogP contribution is 2.39. The molecule has 0 aliphatic heterocycles. The summed E-state index contributed by atoms with van der Waals surface area (Å²) in [7, 11) is 1.42. The summed E-state index contributed by atoms with van der Waals surface area (Å²) in [6.07, 6.45) is 2.80. The lowest BCUT2D eigenvalue weighted by Gasteiger charge is -2.21. The smallest absolute Gasteiger partial charge is 0.287 e. The summed E-state index contributed by atoms with van der Waals surface area (Å²) in [6.45, 7) is 5.88. The van der Waals surface area contributed by atoms with Crippen LogP contribution in [0.15, 0.2) is 74.3 Å². The minimum absolute atomic E-state index is 0.0530. The van der Waals surface area contributed by atoms with Crippen LogP contribution in [0, 0.1) is 0 Å². The minimum Gasteiger partial charge on any atom is -0.504 e. The molecule has 0 atom stereocenters. The Hall–Kier alpha value is -3.34. The Morgan fingerprint density at radius 1 is 1.10 bits per heavy atom. The van der Waals surface area contributed by atoms with Crippen LogP contribution in [0.25, 0.3) is 6.08 Å². The number of nitrogens with one attached hydrogen (secondary N) is 2. The van der Waals surface area contributed by atoms with Crippen LogP contribution >= 0.6 is 43.5 Å². The van der Waals surface area contributed by atoms with E-state index in [-0.39, 0.29) is 33.3 Å². The van der Waals surface area contributed by atoms with Crippen LogP contribution in [-0.4, -0.2) is 43.3 Å². The van der Waals surface area contributed by atoms with Crippen molar-refractivity contribution in [1.82, 2.24) is 10.7 Å². The summed E-state index contributed by atoms with van der Waals surface area (Å²) < 4.78 is 6.29. The van der Waals surface area contributed by atoms with Gasteiger partial charge in [-0.3, -0.25) is 9.59 Å². The molecule has 204 valence electrons. The molecule has 0 radical (unpaired) electrons. The zero-order valence-corrected chi connectivity index (χ0v) is 25.4. The van der Waals surface area contributed by atoms with Crippen molar-refractivity contribution in [1.29, 1.82) is 0 Å². The van der Waals surface area contributed by atoms with E-state index in [2.05, 4.69) is 66.5 Å². The standard InChI is InChI=1S/C28H27Br2ClN4O4/c1-4-35(5-2)18-12-10-17(11-13-18)14-23(33-27(37)19-8-6-7-9-22(19)31)28(38)34-32-16-20-25(30)21(29)15-24(39-3)26(20)36/h6-16,36H,4-5H2,1-3H3,(H,33,37)(H,34,38)/b23-14+,32-16-. The summed E-state index contributed by atoms with van der Waals surface area (Å²) in [5.41, 5.74) is 4.58. The van der Waals surface area contributed by atoms with Gasteiger partial charge in [0.15, 0.2) is 11.5 Å². The molecule has 3 aromatic rings. The third-order valence-corrected chi connectivity index (χ3v) is 8.06. The number of benzene rings is 3. The molecule has 0 bridgehead atoms. The maximum atomic E-state index is 13.2. The van der Waals surface area contributed by atoms with Crippen molar-refractivity contribution in [3.63, 3.8) is 0 Å². The molecule has 3 N–H and O–H groups in total. The SMILES string of the molecule is CCN(CC)c1ccc(/C=C(/NC(=O)c2ccccc2Cl)C(=O)N/N=C\c2c(O)c(OC)cc(Br)c2Br)cc1. The number of hydrazone groups is 1. The van der Waals surface area contributed by atoms with E-state index in [9.17, 15) is 14.7 Å². The predicted molar refractivity (Wildman–Crippen MR) is 163 cm³/mol. The summed E-state index contributed by atoms with van der Waals surface area (Å²) in [5.74, 6) is -1.18. The quantitative estimate of drug-likeness (QED) is 0.132. The molecular formula is C28H27Br2ClN4O4. The number of anilines is 1. The number of halogens is 3. The lowest BCUT2D eigenvalue weighted by Crippen LogP contribution is -2.33. The highest BCUT2D eigenvalue weighted by Gasteiger charge is 2.18. The third-order valence-electron chi connectivity index (χ3n) is 5.72. The topological polar surface area (TPSA) is 103 Å². The zero-order valence-electron chi connectivity index (χ0n) is 21.5. The van der Waals surface area contributed by atoms with Gasteiger partial charge in [-0.1, -0.05) is 35.9 Å². The van der Waals surface area contributed by atoms with Gasteiger partial charge in [0.1, 0.15) is 5.70 Å². The van der Waals surface area contributed by atoms with Crippen LogP contribution in [0.2, 0.25) is 5.02 Å². The number of carbonyl (C=O) groups excluding carboxylic acids is 2. The Labute approximate surface area is 248 Å². The number of hydrogen-bond acceptors (Lipinski definition) is 6. The Morgan fingerprint density at radius 3 is 2.38 bits per heavy atom. The Bertz CT molecular complexity index is 1410. The van der Waals surface area contributed by atoms with E-state index in [1.54, 1.807) is 36.4 Å². The fourth-order valence-electron chi connectivity index (χ4n) is 3.63. The Morgan fingerprint density at radius 2 is 1.77 bits per heavy atom. The number of hydrogen-bond donors (Lipinski definition) is 3. The summed E-state index contributed by atoms with van der Waals surface area (Å²) >= 11 is 12.9. The molecule has 0 fully saturated rings. The molecule has 0 spiro atoms. The zero-order chi connectivity index (χ0) is 28.5. The molecule has 0 aliphatic rings. The van der Waals surface area contributed by atoms with Crippen molar-refractivity contribution in [2.75, 3.05) is 25.1 Å². The number of phenolic OH excluding ortho intramolecular Hbond substituents is 1. The van der Waals surface area contributed by atoms with E-state index in [1.165, 1.54) is 13.3 Å². The first kappa shape index (κ1) is 30.2. The number of nitrogens with zero attached hydrogens (tertiary/aromatic N) is 2. The Balaban J connectivity index is 1.91. The number of carbonyl (C=O) groups is 2. The van der Waals surface area contributed by atoms with Crippen molar-refractivity contribution in [3.05, 3.63) is 91.0 Å². The highest BCUT2D eigenvalue weighted by atomic mass is 79.9. The molecule has 0 aromatic heterocycles. The van der Waals surface area contributed by atoms with Crippen LogP contribution in [-0.2, 0) is 4.79 Å². The summed E-state index contributed by atoms with van der Waals surface area (Å²) in [6, 6.07) is 15.7. The van der Waals surface area contributed by atoms with E-state index in [1.807, 2.05) is 24.3 Å². The maximum absolute atomic E-state index is 13.2. The largest absolute Gasteiger partial charge is 0.504 e. The monoisotopic (exact) mass is 676 g/mol. The molecule has 39 heavy (non-hydrogen) atoms. The fourth-order valence-corrected chi connectivity index (χ4v) is 4.68. The molecule has 3 rings (SSSR count). The normalized spacial score (nSPS) is 11.4. The van der Waals surface area contributed by atoms with E-state index < -0.39 is 11.8 Å². The van der Waals surface area contributed by atoms with Gasteiger partial charge in [0.2, 0.25) is 0 Å². The van der Waals surface area contributed by atoms with E-state index in [0.717, 1.165) is 18.8 Å². The second kappa shape index (κ2) is 14.2. The van der Waals surface area contributed by atoms with Crippen molar-refractivity contribution < 1.29 is 19.4 Å². The lowest BCUT2D eigenvalue weighted by molar-refractivity contribution is -0.117. The van der Waals surface area contributed by atoms with E-state index in [0.29, 0.717) is 14.5 Å². The van der Waals surface area contributed by atoms with E-state index >= 15 is 0 Å². The number of aromatic hydroxyl groups is 1. The maximum Gasteiger partial charge on any atom is 0.287 e. The number of rotatable bonds is 10. The van der Waals surface area contributed by atoms with Crippen LogP contribution in [0.3, 0.4) is 0 Å². The number of phenols is 1. The van der Waals surface area contributed by atoms with Gasteiger partial charge in [-0.2, -0.15) is 5.10 Å². The van der Waals surface area contributed by atoms with Gasteiger partial charge >= 0.3 is 0 Å². The number of methoxy groups -OCH3 is 1. The third kappa shape index (κ3) is 7.62. The number of amides is 2. The first-order chi connectivity index (χ1) is 18.7. The molecule has 0 saturated heterocycles. The second-order valence-electron chi connectivity index (χ2n) is 8.09. The minimum atomic E-state index is -0.683. The second-order valence-corrected chi connectivity index (χ2v) is 10.1. The van der Waals surface area contributed by atoms with Crippen LogP contribution in [0.5, 0.6) is 11.5 Å². The predicted octanol–water partition coefficient (Wildman–Crippen LogP) is 6.35. The molecule has 0 saturated carbocycles. The first-order valence-corrected chi connectivity index (χ1v) is 13.9. The van der Waals surface area contributed by atoms with Gasteiger partial charge in [-0.25, -0.2) is 5.43 Å². The molecule has 3 aromatic carbocycles. The van der Waals surface area contributed by atoms with Crippen molar-refractivity contribution in [2.45, 2.75) is 13.8 Å². The Kier molecular flexibility index (Phi) is 11.0. The molecule has 8 nitrogen and oxygen atoms in total. The molecule has 2 amide bonds. The molecular weight excluding hydrogens is 652 g/mol. The van der Waals surface area contributed by atoms with Crippen LogP contribution in [0.4, 0.5) is 5.69 Å². The van der Waals surface area contributed by atoms with Crippen LogP contribution < -0.4 is 20.4 Å². The van der Waals surface area contributed by atoms with Crippen LogP contribution in [0.1, 0.15) is 35.3 Å². The molecule has 0 aliphatic carbocycles.